The largest absolute Gasteiger partial charge is 0.385 e. The number of aromatic amines is 4. The summed E-state index contributed by atoms with van der Waals surface area (Å²) in [7, 11) is 0. The predicted molar refractivity (Wildman–Crippen MR) is 81.4 cm³/mol. The van der Waals surface area contributed by atoms with Crippen molar-refractivity contribution in [3.05, 3.63) is 28.0 Å². The van der Waals surface area contributed by atoms with Gasteiger partial charge in [-0.15, -0.1) is 0 Å². The second kappa shape index (κ2) is 3.35. The van der Waals surface area contributed by atoms with Crippen LogP contribution in [0, 0.1) is 3.70 Å². The second-order valence-corrected chi connectivity index (χ2v) is 5.52. The summed E-state index contributed by atoms with van der Waals surface area (Å²) in [4.78, 5) is 13.1. The van der Waals surface area contributed by atoms with Crippen molar-refractivity contribution in [1.29, 1.82) is 0 Å². The van der Waals surface area contributed by atoms with Crippen LogP contribution in [0.3, 0.4) is 0 Å². The molecular formula is C12H10IN5. The van der Waals surface area contributed by atoms with Gasteiger partial charge in [0.25, 0.3) is 0 Å². The first-order valence-corrected chi connectivity index (χ1v) is 6.62. The van der Waals surface area contributed by atoms with E-state index in [-0.39, 0.29) is 0 Å². The van der Waals surface area contributed by atoms with Gasteiger partial charge in [-0.05, 0) is 40.8 Å². The van der Waals surface area contributed by atoms with E-state index >= 15 is 0 Å². The molecule has 0 saturated heterocycles. The molecule has 0 atom stereocenters. The molecule has 0 aliphatic carbocycles. The number of hydrogen-bond acceptors (Lipinski definition) is 1. The zero-order chi connectivity index (χ0) is 12.3. The van der Waals surface area contributed by atoms with E-state index in [0.717, 1.165) is 37.2 Å². The minimum Gasteiger partial charge on any atom is -0.385 e. The third-order valence-electron chi connectivity index (χ3n) is 3.09. The average Bonchev–Trinajstić information content (AvgIpc) is 2.94. The Labute approximate surface area is 115 Å². The molecule has 0 amide bonds. The SMILES string of the molecule is Nc1cc2[nH]c(-c3cc4[nH]c(I)cc4[nH]3)cc2[nH]1. The Kier molecular flexibility index (Phi) is 1.88. The smallest absolute Gasteiger partial charge is 0.103 e. The first-order chi connectivity index (χ1) is 8.69. The zero-order valence-electron chi connectivity index (χ0n) is 9.26. The van der Waals surface area contributed by atoms with Crippen molar-refractivity contribution in [3.8, 4) is 11.4 Å². The molecular weight excluding hydrogens is 341 g/mol. The Morgan fingerprint density at radius 3 is 1.89 bits per heavy atom. The van der Waals surface area contributed by atoms with Gasteiger partial charge in [-0.3, -0.25) is 0 Å². The lowest BCUT2D eigenvalue weighted by Gasteiger charge is -1.91. The molecule has 6 N–H and O–H groups in total. The van der Waals surface area contributed by atoms with Crippen LogP contribution in [0.15, 0.2) is 24.3 Å². The molecule has 0 radical (unpaired) electrons. The standard InChI is InChI=1S/C12H10IN5/c13-11-3-9-7(17-11)1-5(15-9)6-2-8-10(16-6)4-12(14)18-8/h1-4,15-18H,14H2. The second-order valence-electron chi connectivity index (χ2n) is 4.36. The summed E-state index contributed by atoms with van der Waals surface area (Å²) in [5.41, 5.74) is 12.1. The molecule has 0 spiro atoms. The number of nitrogens with one attached hydrogen (secondary N) is 4. The van der Waals surface area contributed by atoms with Gasteiger partial charge in [0.15, 0.2) is 0 Å². The predicted octanol–water partition coefficient (Wildman–Crippen LogP) is 3.16. The Morgan fingerprint density at radius 2 is 1.28 bits per heavy atom. The summed E-state index contributed by atoms with van der Waals surface area (Å²) in [6, 6.07) is 8.15. The molecule has 0 aliphatic rings. The molecule has 0 unspecified atom stereocenters. The van der Waals surface area contributed by atoms with Gasteiger partial charge in [0, 0.05) is 6.07 Å². The molecule has 0 aliphatic heterocycles. The van der Waals surface area contributed by atoms with Gasteiger partial charge in [-0.2, -0.15) is 0 Å². The van der Waals surface area contributed by atoms with Crippen LogP contribution in [0.5, 0.6) is 0 Å². The van der Waals surface area contributed by atoms with Crippen LogP contribution < -0.4 is 5.73 Å². The van der Waals surface area contributed by atoms with Gasteiger partial charge in [-0.25, -0.2) is 0 Å². The van der Waals surface area contributed by atoms with Crippen LogP contribution in [0.25, 0.3) is 33.5 Å². The topological polar surface area (TPSA) is 89.2 Å². The van der Waals surface area contributed by atoms with E-state index in [1.54, 1.807) is 0 Å². The average molecular weight is 351 g/mol. The first-order valence-electron chi connectivity index (χ1n) is 5.54. The quantitative estimate of drug-likeness (QED) is 0.335. The highest BCUT2D eigenvalue weighted by atomic mass is 127. The van der Waals surface area contributed by atoms with Crippen LogP contribution >= 0.6 is 22.6 Å². The Morgan fingerprint density at radius 1 is 0.722 bits per heavy atom. The van der Waals surface area contributed by atoms with E-state index < -0.39 is 0 Å². The molecule has 6 heteroatoms. The van der Waals surface area contributed by atoms with Crippen molar-refractivity contribution in [2.24, 2.45) is 0 Å². The normalized spacial score (nSPS) is 11.8. The molecule has 4 aromatic rings. The lowest BCUT2D eigenvalue weighted by molar-refractivity contribution is 1.36. The molecule has 0 saturated carbocycles. The maximum atomic E-state index is 5.70. The van der Waals surface area contributed by atoms with Gasteiger partial charge in [0.1, 0.15) is 5.82 Å². The number of halogens is 1. The minimum absolute atomic E-state index is 0.677. The summed E-state index contributed by atoms with van der Waals surface area (Å²) in [5, 5.41) is 0. The van der Waals surface area contributed by atoms with Crippen molar-refractivity contribution in [1.82, 2.24) is 19.9 Å². The van der Waals surface area contributed by atoms with Crippen molar-refractivity contribution in [2.75, 3.05) is 5.73 Å². The lowest BCUT2D eigenvalue weighted by atomic mass is 10.3. The van der Waals surface area contributed by atoms with Gasteiger partial charge in [0.2, 0.25) is 0 Å². The van der Waals surface area contributed by atoms with Crippen LogP contribution in [0.1, 0.15) is 0 Å². The summed E-state index contributed by atoms with van der Waals surface area (Å²) < 4.78 is 1.13. The van der Waals surface area contributed by atoms with Crippen LogP contribution in [-0.4, -0.2) is 19.9 Å². The van der Waals surface area contributed by atoms with Crippen LogP contribution in [0.4, 0.5) is 5.82 Å². The van der Waals surface area contributed by atoms with E-state index in [9.17, 15) is 0 Å². The van der Waals surface area contributed by atoms with Gasteiger partial charge < -0.3 is 25.7 Å². The molecule has 5 nitrogen and oxygen atoms in total. The monoisotopic (exact) mass is 351 g/mol. The zero-order valence-corrected chi connectivity index (χ0v) is 11.4. The Balaban J connectivity index is 1.89. The number of fused-ring (bicyclic) bond motifs is 2. The highest BCUT2D eigenvalue weighted by Crippen LogP contribution is 2.27. The number of rotatable bonds is 1. The minimum atomic E-state index is 0.677. The van der Waals surface area contributed by atoms with Gasteiger partial charge in [0.05, 0.1) is 37.2 Å². The molecule has 18 heavy (non-hydrogen) atoms. The number of nitrogens with two attached hydrogens (primary N) is 1. The highest BCUT2D eigenvalue weighted by molar-refractivity contribution is 14.1. The fourth-order valence-electron chi connectivity index (χ4n) is 2.30. The Hall–Kier alpha value is -1.83. The Bertz CT molecular complexity index is 724. The van der Waals surface area contributed by atoms with Crippen molar-refractivity contribution >= 4 is 50.5 Å². The fraction of sp³-hybridized carbons (Fsp3) is 0. The van der Waals surface area contributed by atoms with Crippen molar-refractivity contribution in [3.63, 3.8) is 0 Å². The first kappa shape index (κ1) is 10.1. The van der Waals surface area contributed by atoms with Crippen LogP contribution in [-0.2, 0) is 0 Å². The summed E-state index contributed by atoms with van der Waals surface area (Å²) in [6.07, 6.45) is 0. The van der Waals surface area contributed by atoms with E-state index in [1.807, 2.05) is 6.07 Å². The lowest BCUT2D eigenvalue weighted by Crippen LogP contribution is -1.81. The number of H-pyrrole nitrogens is 4. The van der Waals surface area contributed by atoms with E-state index in [2.05, 4.69) is 60.7 Å². The molecule has 4 heterocycles. The number of nitrogen functional groups attached to an aromatic ring is 1. The van der Waals surface area contributed by atoms with Crippen molar-refractivity contribution < 1.29 is 0 Å². The van der Waals surface area contributed by atoms with Gasteiger partial charge >= 0.3 is 0 Å². The molecule has 90 valence electrons. The number of aromatic nitrogens is 4. The summed E-state index contributed by atoms with van der Waals surface area (Å²) in [5.74, 6) is 0.677. The molecule has 0 aromatic carbocycles. The third kappa shape index (κ3) is 1.38. The van der Waals surface area contributed by atoms with Crippen molar-refractivity contribution in [2.45, 2.75) is 0 Å². The van der Waals surface area contributed by atoms with E-state index in [1.165, 1.54) is 0 Å². The maximum absolute atomic E-state index is 5.70. The molecule has 0 bridgehead atoms. The van der Waals surface area contributed by atoms with E-state index in [4.69, 9.17) is 5.73 Å². The molecule has 4 rings (SSSR count). The molecule has 4 aromatic heterocycles. The van der Waals surface area contributed by atoms with Crippen LogP contribution in [0.2, 0.25) is 0 Å². The maximum Gasteiger partial charge on any atom is 0.103 e. The number of hydrogen-bond donors (Lipinski definition) is 5. The fourth-order valence-corrected chi connectivity index (χ4v) is 2.91. The molecule has 0 fully saturated rings. The number of anilines is 1. The highest BCUT2D eigenvalue weighted by Gasteiger charge is 2.09. The summed E-state index contributed by atoms with van der Waals surface area (Å²) >= 11 is 2.27. The van der Waals surface area contributed by atoms with E-state index in [0.29, 0.717) is 5.82 Å². The third-order valence-corrected chi connectivity index (χ3v) is 3.67. The summed E-state index contributed by atoms with van der Waals surface area (Å²) in [6.45, 7) is 0. The van der Waals surface area contributed by atoms with Gasteiger partial charge in [-0.1, -0.05) is 0 Å².